The molecule has 0 aliphatic rings. The highest BCUT2D eigenvalue weighted by molar-refractivity contribution is 5.37. The molecule has 0 aliphatic heterocycles. The molecule has 0 saturated heterocycles. The summed E-state index contributed by atoms with van der Waals surface area (Å²) in [4.78, 5) is 1.30. The number of alkyl halides is 2. The Labute approximate surface area is 116 Å². The molecule has 1 aromatic carbocycles. The molecular weight excluding hydrogens is 269 g/mol. The second kappa shape index (κ2) is 8.59. The van der Waals surface area contributed by atoms with E-state index < -0.39 is 18.8 Å². The van der Waals surface area contributed by atoms with Gasteiger partial charge in [0.1, 0.15) is 5.82 Å². The van der Waals surface area contributed by atoms with Gasteiger partial charge >= 0.3 is 0 Å². The molecule has 0 heterocycles. The second-order valence-corrected chi connectivity index (χ2v) is 4.16. The van der Waals surface area contributed by atoms with Gasteiger partial charge in [-0.25, -0.2) is 13.2 Å². The molecule has 0 radical (unpaired) electrons. The van der Waals surface area contributed by atoms with Crippen LogP contribution in [0.3, 0.4) is 0 Å². The zero-order valence-corrected chi connectivity index (χ0v) is 11.0. The minimum absolute atomic E-state index is 0.0152. The first-order valence-corrected chi connectivity index (χ1v) is 6.15. The number of halogens is 3. The molecule has 0 fully saturated rings. The Kier molecular flexibility index (Phi) is 7.09. The summed E-state index contributed by atoms with van der Waals surface area (Å²) in [5, 5.41) is 8.83. The number of hydrogen-bond acceptors (Lipinski definition) is 3. The van der Waals surface area contributed by atoms with E-state index in [4.69, 9.17) is 10.8 Å². The summed E-state index contributed by atoms with van der Waals surface area (Å²) in [7, 11) is 0. The molecule has 1 rings (SSSR count). The fourth-order valence-electron chi connectivity index (χ4n) is 1.72. The highest BCUT2D eigenvalue weighted by Crippen LogP contribution is 2.13. The monoisotopic (exact) mass is 286 g/mol. The minimum atomic E-state index is -2.53. The van der Waals surface area contributed by atoms with E-state index >= 15 is 0 Å². The van der Waals surface area contributed by atoms with E-state index in [0.29, 0.717) is 5.56 Å². The third kappa shape index (κ3) is 5.61. The minimum Gasteiger partial charge on any atom is -0.395 e. The van der Waals surface area contributed by atoms with Crippen LogP contribution in [0, 0.1) is 17.7 Å². The van der Waals surface area contributed by atoms with Crippen LogP contribution in [0.25, 0.3) is 0 Å². The molecule has 20 heavy (non-hydrogen) atoms. The summed E-state index contributed by atoms with van der Waals surface area (Å²) in [5.41, 5.74) is 6.00. The molecule has 110 valence electrons. The van der Waals surface area contributed by atoms with Crippen LogP contribution >= 0.6 is 0 Å². The van der Waals surface area contributed by atoms with Crippen molar-refractivity contribution in [3.63, 3.8) is 0 Å². The van der Waals surface area contributed by atoms with E-state index in [2.05, 4.69) is 11.8 Å². The average Bonchev–Trinajstić information content (AvgIpc) is 2.38. The predicted molar refractivity (Wildman–Crippen MR) is 70.7 cm³/mol. The fourth-order valence-corrected chi connectivity index (χ4v) is 1.72. The van der Waals surface area contributed by atoms with Crippen LogP contribution in [-0.2, 0) is 6.54 Å². The maximum atomic E-state index is 13.8. The Hall–Kier alpha value is -1.55. The lowest BCUT2D eigenvalue weighted by molar-refractivity contribution is 0.0741. The van der Waals surface area contributed by atoms with Crippen LogP contribution in [0.1, 0.15) is 11.1 Å². The molecular formula is C14H17F3N2O. The van der Waals surface area contributed by atoms with Crippen LogP contribution in [0.4, 0.5) is 13.2 Å². The average molecular weight is 286 g/mol. The van der Waals surface area contributed by atoms with Gasteiger partial charge in [0, 0.05) is 24.2 Å². The zero-order chi connectivity index (χ0) is 15.0. The molecule has 0 spiro atoms. The lowest BCUT2D eigenvalue weighted by Crippen LogP contribution is -2.31. The third-order valence-electron chi connectivity index (χ3n) is 2.59. The van der Waals surface area contributed by atoms with E-state index in [-0.39, 0.29) is 31.8 Å². The Morgan fingerprint density at radius 3 is 2.65 bits per heavy atom. The van der Waals surface area contributed by atoms with E-state index in [9.17, 15) is 13.2 Å². The Balaban J connectivity index is 2.79. The molecule has 6 heteroatoms. The molecule has 0 bridgehead atoms. The zero-order valence-electron chi connectivity index (χ0n) is 11.0. The molecule has 0 aromatic heterocycles. The highest BCUT2D eigenvalue weighted by Gasteiger charge is 2.14. The van der Waals surface area contributed by atoms with Gasteiger partial charge in [0.2, 0.25) is 0 Å². The van der Waals surface area contributed by atoms with E-state index in [1.165, 1.54) is 17.0 Å². The Morgan fingerprint density at radius 1 is 1.35 bits per heavy atom. The lowest BCUT2D eigenvalue weighted by atomic mass is 10.1. The number of aliphatic hydroxyl groups is 1. The van der Waals surface area contributed by atoms with Gasteiger partial charge in [-0.2, -0.15) is 0 Å². The van der Waals surface area contributed by atoms with Crippen LogP contribution < -0.4 is 5.73 Å². The van der Waals surface area contributed by atoms with E-state index in [1.807, 2.05) is 0 Å². The summed E-state index contributed by atoms with van der Waals surface area (Å²) in [6.45, 7) is -0.495. The lowest BCUT2D eigenvalue weighted by Gasteiger charge is -2.21. The smallest absolute Gasteiger partial charge is 0.251 e. The van der Waals surface area contributed by atoms with Gasteiger partial charge in [0.25, 0.3) is 6.43 Å². The summed E-state index contributed by atoms with van der Waals surface area (Å²) in [6, 6.07) is 4.36. The number of nitrogens with zero attached hydrogens (tertiary/aromatic N) is 1. The van der Waals surface area contributed by atoms with Crippen molar-refractivity contribution < 1.29 is 18.3 Å². The number of nitrogens with two attached hydrogens (primary N) is 1. The van der Waals surface area contributed by atoms with E-state index in [0.717, 1.165) is 0 Å². The fraction of sp³-hybridized carbons (Fsp3) is 0.429. The van der Waals surface area contributed by atoms with Crippen LogP contribution in [-0.4, -0.2) is 42.7 Å². The van der Waals surface area contributed by atoms with Crippen molar-refractivity contribution in [2.24, 2.45) is 5.73 Å². The molecule has 0 unspecified atom stereocenters. The molecule has 0 aliphatic carbocycles. The van der Waals surface area contributed by atoms with Gasteiger partial charge in [0.05, 0.1) is 19.7 Å². The summed E-state index contributed by atoms with van der Waals surface area (Å²) in [5.74, 6) is 4.79. The normalized spacial score (nSPS) is 10.8. The SMILES string of the molecule is NCC#Cc1ccc(CN(CCO)CC(F)F)c(F)c1. The molecule has 0 atom stereocenters. The van der Waals surface area contributed by atoms with Gasteiger partial charge in [-0.3, -0.25) is 4.90 Å². The first kappa shape index (κ1) is 16.5. The molecule has 3 N–H and O–H groups in total. The van der Waals surface area contributed by atoms with Crippen molar-refractivity contribution in [2.75, 3.05) is 26.2 Å². The first-order chi connectivity index (χ1) is 9.56. The van der Waals surface area contributed by atoms with Crippen LogP contribution in [0.15, 0.2) is 18.2 Å². The summed E-state index contributed by atoms with van der Waals surface area (Å²) < 4.78 is 38.6. The van der Waals surface area contributed by atoms with Gasteiger partial charge in [0.15, 0.2) is 0 Å². The maximum Gasteiger partial charge on any atom is 0.251 e. The number of benzene rings is 1. The largest absolute Gasteiger partial charge is 0.395 e. The first-order valence-electron chi connectivity index (χ1n) is 6.15. The van der Waals surface area contributed by atoms with Crippen molar-refractivity contribution in [3.8, 4) is 11.8 Å². The predicted octanol–water partition coefficient (Wildman–Crippen LogP) is 1.20. The standard InChI is InChI=1S/C14H17F3N2O/c15-13-8-11(2-1-5-18)3-4-12(13)9-19(6-7-20)10-14(16)17/h3-4,8,14,20H,5-7,9-10,18H2. The number of rotatable bonds is 6. The molecule has 0 saturated carbocycles. The third-order valence-corrected chi connectivity index (χ3v) is 2.59. The van der Waals surface area contributed by atoms with Gasteiger partial charge in [-0.05, 0) is 12.1 Å². The second-order valence-electron chi connectivity index (χ2n) is 4.16. The molecule has 1 aromatic rings. The van der Waals surface area contributed by atoms with Crippen molar-refractivity contribution in [3.05, 3.63) is 35.1 Å². The van der Waals surface area contributed by atoms with Gasteiger partial charge < -0.3 is 10.8 Å². The van der Waals surface area contributed by atoms with Crippen molar-refractivity contribution >= 4 is 0 Å². The van der Waals surface area contributed by atoms with Crippen molar-refractivity contribution in [2.45, 2.75) is 13.0 Å². The van der Waals surface area contributed by atoms with Crippen LogP contribution in [0.5, 0.6) is 0 Å². The van der Waals surface area contributed by atoms with Crippen LogP contribution in [0.2, 0.25) is 0 Å². The van der Waals surface area contributed by atoms with Gasteiger partial charge in [-0.1, -0.05) is 17.9 Å². The number of aliphatic hydroxyl groups excluding tert-OH is 1. The van der Waals surface area contributed by atoms with Gasteiger partial charge in [-0.15, -0.1) is 0 Å². The van der Waals surface area contributed by atoms with Crippen molar-refractivity contribution in [1.29, 1.82) is 0 Å². The van der Waals surface area contributed by atoms with E-state index in [1.54, 1.807) is 6.07 Å². The maximum absolute atomic E-state index is 13.8. The number of hydrogen-bond donors (Lipinski definition) is 2. The highest BCUT2D eigenvalue weighted by atomic mass is 19.3. The summed E-state index contributed by atoms with van der Waals surface area (Å²) in [6.07, 6.45) is -2.53. The Morgan fingerprint density at radius 2 is 2.10 bits per heavy atom. The topological polar surface area (TPSA) is 49.5 Å². The molecule has 0 amide bonds. The summed E-state index contributed by atoms with van der Waals surface area (Å²) >= 11 is 0. The quantitative estimate of drug-likeness (QED) is 0.773. The van der Waals surface area contributed by atoms with Crippen molar-refractivity contribution in [1.82, 2.24) is 4.90 Å². The molecule has 3 nitrogen and oxygen atoms in total. The Bertz CT molecular complexity index is 483.